The van der Waals surface area contributed by atoms with Gasteiger partial charge in [-0.3, -0.25) is 0 Å². The quantitative estimate of drug-likeness (QED) is 0.896. The van der Waals surface area contributed by atoms with Crippen molar-refractivity contribution in [2.75, 3.05) is 0 Å². The average molecular weight is 276 g/mol. The minimum Gasteiger partial charge on any atom is -0.507 e. The normalized spacial score (nSPS) is 11.2. The molecule has 19 heavy (non-hydrogen) atoms. The molecule has 1 aromatic carbocycles. The van der Waals surface area contributed by atoms with Gasteiger partial charge in [0.1, 0.15) is 10.8 Å². The predicted molar refractivity (Wildman–Crippen MR) is 80.7 cm³/mol. The van der Waals surface area contributed by atoms with Crippen molar-refractivity contribution >= 4 is 11.3 Å². The molecule has 2 N–H and O–H groups in total. The number of hydrogen-bond acceptors (Lipinski definition) is 4. The van der Waals surface area contributed by atoms with Crippen LogP contribution in [0.25, 0.3) is 10.6 Å². The zero-order chi connectivity index (χ0) is 14.0. The Morgan fingerprint density at radius 1 is 1.26 bits per heavy atom. The molecule has 0 aliphatic rings. The minimum absolute atomic E-state index is 0.377. The summed E-state index contributed by atoms with van der Waals surface area (Å²) in [5.74, 6) is 0.377. The first-order chi connectivity index (χ1) is 8.97. The van der Waals surface area contributed by atoms with E-state index < -0.39 is 0 Å². The molecule has 3 nitrogen and oxygen atoms in total. The van der Waals surface area contributed by atoms with Crippen molar-refractivity contribution in [3.05, 3.63) is 34.3 Å². The minimum atomic E-state index is 0.377. The number of aromatic nitrogens is 1. The Kier molecular flexibility index (Phi) is 4.22. The molecule has 0 fully saturated rings. The Labute approximate surface area is 118 Å². The fourth-order valence-electron chi connectivity index (χ4n) is 1.91. The van der Waals surface area contributed by atoms with Crippen molar-refractivity contribution in [2.45, 2.75) is 40.3 Å². The highest BCUT2D eigenvalue weighted by molar-refractivity contribution is 7.15. The number of benzene rings is 1. The van der Waals surface area contributed by atoms with Gasteiger partial charge in [0, 0.05) is 29.2 Å². The molecule has 0 spiro atoms. The first kappa shape index (κ1) is 14.0. The summed E-state index contributed by atoms with van der Waals surface area (Å²) in [6.07, 6.45) is 1.92. The van der Waals surface area contributed by atoms with E-state index in [0.29, 0.717) is 11.8 Å². The Hall–Kier alpha value is -1.39. The number of rotatable bonds is 4. The highest BCUT2D eigenvalue weighted by atomic mass is 32.1. The topological polar surface area (TPSA) is 45.2 Å². The van der Waals surface area contributed by atoms with Crippen LogP contribution in [0.1, 0.15) is 29.9 Å². The second-order valence-corrected chi connectivity index (χ2v) is 6.24. The molecule has 0 unspecified atom stereocenters. The van der Waals surface area contributed by atoms with Gasteiger partial charge in [0.25, 0.3) is 0 Å². The largest absolute Gasteiger partial charge is 0.507 e. The maximum absolute atomic E-state index is 9.80. The van der Waals surface area contributed by atoms with Gasteiger partial charge in [0.2, 0.25) is 0 Å². The van der Waals surface area contributed by atoms with E-state index in [2.05, 4.69) is 24.1 Å². The van der Waals surface area contributed by atoms with E-state index in [1.807, 2.05) is 32.2 Å². The fourth-order valence-corrected chi connectivity index (χ4v) is 2.76. The molecular formula is C15H20N2OS. The molecule has 0 amide bonds. The highest BCUT2D eigenvalue weighted by Crippen LogP contribution is 2.31. The van der Waals surface area contributed by atoms with E-state index in [9.17, 15) is 5.11 Å². The van der Waals surface area contributed by atoms with Crippen LogP contribution in [0.3, 0.4) is 0 Å². The van der Waals surface area contributed by atoms with E-state index in [1.54, 1.807) is 11.3 Å². The molecule has 0 radical (unpaired) electrons. The molecule has 0 atom stereocenters. The van der Waals surface area contributed by atoms with Crippen LogP contribution >= 0.6 is 11.3 Å². The van der Waals surface area contributed by atoms with Gasteiger partial charge < -0.3 is 10.4 Å². The third kappa shape index (κ3) is 3.33. The highest BCUT2D eigenvalue weighted by Gasteiger charge is 2.09. The molecular weight excluding hydrogens is 256 g/mol. The molecule has 4 heteroatoms. The first-order valence-corrected chi connectivity index (χ1v) is 7.27. The Balaban J connectivity index is 2.23. The third-order valence-electron chi connectivity index (χ3n) is 2.98. The molecule has 0 aliphatic carbocycles. The van der Waals surface area contributed by atoms with E-state index in [-0.39, 0.29) is 0 Å². The Morgan fingerprint density at radius 3 is 2.47 bits per heavy atom. The summed E-state index contributed by atoms with van der Waals surface area (Å²) >= 11 is 1.70. The number of thiazole rings is 1. The second kappa shape index (κ2) is 5.72. The monoisotopic (exact) mass is 276 g/mol. The average Bonchev–Trinajstić information content (AvgIpc) is 2.81. The number of aryl methyl sites for hydroxylation is 2. The summed E-state index contributed by atoms with van der Waals surface area (Å²) in [5, 5.41) is 14.2. The lowest BCUT2D eigenvalue weighted by atomic mass is 10.1. The molecule has 0 saturated carbocycles. The number of phenols is 1. The van der Waals surface area contributed by atoms with Gasteiger partial charge in [-0.25, -0.2) is 4.98 Å². The van der Waals surface area contributed by atoms with Crippen molar-refractivity contribution in [1.29, 1.82) is 0 Å². The third-order valence-corrected chi connectivity index (χ3v) is 4.02. The van der Waals surface area contributed by atoms with E-state index in [0.717, 1.165) is 28.2 Å². The molecule has 102 valence electrons. The number of hydrogen-bond donors (Lipinski definition) is 2. The SMILES string of the molecule is Cc1cc(-c2ncc(CNC(C)C)s2)cc(C)c1O. The Bertz CT molecular complexity index is 552. The molecule has 1 heterocycles. The molecule has 1 aromatic heterocycles. The summed E-state index contributed by atoms with van der Waals surface area (Å²) in [6.45, 7) is 8.95. The summed E-state index contributed by atoms with van der Waals surface area (Å²) in [6, 6.07) is 4.45. The van der Waals surface area contributed by atoms with Gasteiger partial charge in [0.15, 0.2) is 0 Å². The first-order valence-electron chi connectivity index (χ1n) is 6.46. The molecule has 2 rings (SSSR count). The zero-order valence-corrected chi connectivity index (χ0v) is 12.6. The van der Waals surface area contributed by atoms with Gasteiger partial charge in [0.05, 0.1) is 0 Å². The fraction of sp³-hybridized carbons (Fsp3) is 0.400. The lowest BCUT2D eigenvalue weighted by Gasteiger charge is -2.06. The van der Waals surface area contributed by atoms with E-state index in [4.69, 9.17) is 0 Å². The second-order valence-electron chi connectivity index (χ2n) is 5.13. The Morgan fingerprint density at radius 2 is 1.89 bits per heavy atom. The van der Waals surface area contributed by atoms with Crippen LogP contribution in [-0.4, -0.2) is 16.1 Å². The maximum Gasteiger partial charge on any atom is 0.123 e. The van der Waals surface area contributed by atoms with Crippen LogP contribution in [0.4, 0.5) is 0 Å². The van der Waals surface area contributed by atoms with Crippen LogP contribution in [0, 0.1) is 13.8 Å². The number of aromatic hydroxyl groups is 1. The molecule has 2 aromatic rings. The van der Waals surface area contributed by atoms with Gasteiger partial charge in [-0.1, -0.05) is 13.8 Å². The van der Waals surface area contributed by atoms with Gasteiger partial charge in [-0.15, -0.1) is 11.3 Å². The lowest BCUT2D eigenvalue weighted by molar-refractivity contribution is 0.467. The summed E-state index contributed by atoms with van der Waals surface area (Å²) in [5.41, 5.74) is 2.87. The van der Waals surface area contributed by atoms with Crippen LogP contribution in [-0.2, 0) is 6.54 Å². The van der Waals surface area contributed by atoms with Crippen molar-refractivity contribution in [3.8, 4) is 16.3 Å². The van der Waals surface area contributed by atoms with Crippen molar-refractivity contribution in [2.24, 2.45) is 0 Å². The van der Waals surface area contributed by atoms with Crippen LogP contribution in [0.15, 0.2) is 18.3 Å². The summed E-state index contributed by atoms with van der Waals surface area (Å²) in [7, 11) is 0. The smallest absolute Gasteiger partial charge is 0.123 e. The molecule has 0 bridgehead atoms. The van der Waals surface area contributed by atoms with Gasteiger partial charge in [-0.2, -0.15) is 0 Å². The van der Waals surface area contributed by atoms with Crippen LogP contribution in [0.2, 0.25) is 0 Å². The van der Waals surface area contributed by atoms with Crippen molar-refractivity contribution in [3.63, 3.8) is 0 Å². The van der Waals surface area contributed by atoms with Crippen molar-refractivity contribution in [1.82, 2.24) is 10.3 Å². The number of nitrogens with zero attached hydrogens (tertiary/aromatic N) is 1. The number of nitrogens with one attached hydrogen (secondary N) is 1. The molecule has 0 aliphatic heterocycles. The maximum atomic E-state index is 9.80. The standard InChI is InChI=1S/C15H20N2OS/c1-9(2)16-7-13-8-17-15(19-13)12-5-10(3)14(18)11(4)6-12/h5-6,8-9,16,18H,7H2,1-4H3. The van der Waals surface area contributed by atoms with E-state index >= 15 is 0 Å². The van der Waals surface area contributed by atoms with Crippen LogP contribution < -0.4 is 5.32 Å². The molecule has 0 saturated heterocycles. The van der Waals surface area contributed by atoms with E-state index in [1.165, 1.54) is 4.88 Å². The van der Waals surface area contributed by atoms with Gasteiger partial charge >= 0.3 is 0 Å². The van der Waals surface area contributed by atoms with Crippen LogP contribution in [0.5, 0.6) is 5.75 Å². The van der Waals surface area contributed by atoms with Crippen molar-refractivity contribution < 1.29 is 5.11 Å². The summed E-state index contributed by atoms with van der Waals surface area (Å²) < 4.78 is 0. The summed E-state index contributed by atoms with van der Waals surface area (Å²) in [4.78, 5) is 5.70. The lowest BCUT2D eigenvalue weighted by Crippen LogP contribution is -2.21. The van der Waals surface area contributed by atoms with Gasteiger partial charge in [-0.05, 0) is 37.1 Å². The zero-order valence-electron chi connectivity index (χ0n) is 11.8. The number of phenolic OH excluding ortho intramolecular Hbond substituents is 1. The predicted octanol–water partition coefficient (Wildman–Crippen LogP) is 3.63.